The van der Waals surface area contributed by atoms with E-state index in [0.717, 1.165) is 28.8 Å². The highest BCUT2D eigenvalue weighted by Gasteiger charge is 2.08. The fourth-order valence-electron chi connectivity index (χ4n) is 3.22. The maximum absolute atomic E-state index is 4.91. The molecule has 0 aliphatic carbocycles. The lowest BCUT2D eigenvalue weighted by Gasteiger charge is -2.12. The number of halogens is 1. The first-order valence-corrected chi connectivity index (χ1v) is 9.10. The first-order valence-electron chi connectivity index (χ1n) is 8.31. The minimum Gasteiger partial charge on any atom is -0.303 e. The van der Waals surface area contributed by atoms with Gasteiger partial charge in [0.05, 0.1) is 0 Å². The van der Waals surface area contributed by atoms with Crippen LogP contribution in [0.5, 0.6) is 0 Å². The Labute approximate surface area is 152 Å². The maximum Gasteiger partial charge on any atom is 0.137 e. The monoisotopic (exact) mass is 382 g/mol. The van der Waals surface area contributed by atoms with Crippen molar-refractivity contribution in [1.29, 1.82) is 0 Å². The van der Waals surface area contributed by atoms with Crippen molar-refractivity contribution in [3.8, 4) is 5.82 Å². The van der Waals surface area contributed by atoms with Gasteiger partial charge >= 0.3 is 0 Å². The molecule has 0 saturated carbocycles. The van der Waals surface area contributed by atoms with Crippen molar-refractivity contribution in [2.45, 2.75) is 40.5 Å². The van der Waals surface area contributed by atoms with E-state index in [1.165, 1.54) is 28.1 Å². The van der Waals surface area contributed by atoms with Crippen molar-refractivity contribution in [1.82, 2.24) is 9.55 Å². The topological polar surface area (TPSA) is 17.8 Å². The van der Waals surface area contributed by atoms with Crippen LogP contribution in [0.4, 0.5) is 0 Å². The minimum atomic E-state index is 0.948. The zero-order valence-electron chi connectivity index (χ0n) is 14.7. The van der Waals surface area contributed by atoms with Crippen molar-refractivity contribution in [3.63, 3.8) is 0 Å². The van der Waals surface area contributed by atoms with Gasteiger partial charge in [0, 0.05) is 21.6 Å². The molecular weight excluding hydrogens is 360 g/mol. The zero-order valence-corrected chi connectivity index (χ0v) is 16.3. The molecule has 1 aromatic carbocycles. The number of aromatic nitrogens is 2. The Hall–Kier alpha value is -1.87. The van der Waals surface area contributed by atoms with Gasteiger partial charge in [-0.15, -0.1) is 0 Å². The molecule has 124 valence electrons. The third-order valence-electron chi connectivity index (χ3n) is 4.28. The summed E-state index contributed by atoms with van der Waals surface area (Å²) >= 11 is 3.59. The Bertz CT molecular complexity index is 838. The molecule has 2 aromatic heterocycles. The van der Waals surface area contributed by atoms with Crippen LogP contribution in [-0.4, -0.2) is 9.55 Å². The fourth-order valence-corrected chi connectivity index (χ4v) is 3.88. The van der Waals surface area contributed by atoms with E-state index in [1.54, 1.807) is 0 Å². The molecular formula is C21H23BrN2. The van der Waals surface area contributed by atoms with Gasteiger partial charge < -0.3 is 4.57 Å². The Kier molecular flexibility index (Phi) is 4.91. The largest absolute Gasteiger partial charge is 0.303 e. The SMILES string of the molecule is Cc1cc(Br)cc(CCc2cc(C)cc(-n3c(C)ccc3C)n2)c1. The smallest absolute Gasteiger partial charge is 0.137 e. The van der Waals surface area contributed by atoms with E-state index in [1.807, 2.05) is 0 Å². The van der Waals surface area contributed by atoms with Crippen molar-refractivity contribution in [3.05, 3.63) is 80.7 Å². The van der Waals surface area contributed by atoms with Gasteiger partial charge in [0.15, 0.2) is 0 Å². The van der Waals surface area contributed by atoms with Crippen LogP contribution in [-0.2, 0) is 12.8 Å². The molecule has 0 unspecified atom stereocenters. The summed E-state index contributed by atoms with van der Waals surface area (Å²) in [6.45, 7) is 8.53. The van der Waals surface area contributed by atoms with E-state index in [2.05, 4.69) is 90.7 Å². The van der Waals surface area contributed by atoms with Crippen LogP contribution in [0, 0.1) is 27.7 Å². The molecule has 0 fully saturated rings. The van der Waals surface area contributed by atoms with Crippen LogP contribution < -0.4 is 0 Å². The molecule has 0 N–H and O–H groups in total. The third kappa shape index (κ3) is 3.78. The quantitative estimate of drug-likeness (QED) is 0.569. The lowest BCUT2D eigenvalue weighted by molar-refractivity contribution is 0.860. The van der Waals surface area contributed by atoms with Crippen molar-refractivity contribution in [2.24, 2.45) is 0 Å². The summed E-state index contributed by atoms with van der Waals surface area (Å²) in [5.41, 5.74) is 7.48. The van der Waals surface area contributed by atoms with Crippen molar-refractivity contribution in [2.75, 3.05) is 0 Å². The van der Waals surface area contributed by atoms with E-state index in [0.29, 0.717) is 0 Å². The van der Waals surface area contributed by atoms with Crippen LogP contribution in [0.25, 0.3) is 5.82 Å². The second-order valence-electron chi connectivity index (χ2n) is 6.58. The third-order valence-corrected chi connectivity index (χ3v) is 4.74. The first kappa shape index (κ1) is 17.0. The van der Waals surface area contributed by atoms with Crippen molar-refractivity contribution >= 4 is 15.9 Å². The number of hydrogen-bond donors (Lipinski definition) is 0. The normalized spacial score (nSPS) is 11.0. The van der Waals surface area contributed by atoms with Gasteiger partial charge in [-0.25, -0.2) is 4.98 Å². The van der Waals surface area contributed by atoms with E-state index in [4.69, 9.17) is 4.98 Å². The summed E-state index contributed by atoms with van der Waals surface area (Å²) in [5, 5.41) is 0. The van der Waals surface area contributed by atoms with E-state index in [-0.39, 0.29) is 0 Å². The molecule has 3 aromatic rings. The van der Waals surface area contributed by atoms with Crippen LogP contribution in [0.3, 0.4) is 0 Å². The van der Waals surface area contributed by atoms with Crippen LogP contribution in [0.1, 0.15) is 33.8 Å². The van der Waals surface area contributed by atoms with Gasteiger partial charge in [-0.1, -0.05) is 22.0 Å². The highest BCUT2D eigenvalue weighted by Crippen LogP contribution is 2.19. The lowest BCUT2D eigenvalue weighted by Crippen LogP contribution is -2.05. The number of pyridine rings is 1. The van der Waals surface area contributed by atoms with E-state index in [9.17, 15) is 0 Å². The molecule has 0 spiro atoms. The number of rotatable bonds is 4. The molecule has 2 nitrogen and oxygen atoms in total. The van der Waals surface area contributed by atoms with Crippen LogP contribution >= 0.6 is 15.9 Å². The number of hydrogen-bond acceptors (Lipinski definition) is 1. The Morgan fingerprint density at radius 2 is 1.50 bits per heavy atom. The predicted octanol–water partition coefficient (Wildman–Crippen LogP) is 5.65. The fraction of sp³-hybridized carbons (Fsp3) is 0.286. The molecule has 0 aliphatic heterocycles. The minimum absolute atomic E-state index is 0.948. The summed E-state index contributed by atoms with van der Waals surface area (Å²) in [6.07, 6.45) is 1.95. The highest BCUT2D eigenvalue weighted by molar-refractivity contribution is 9.10. The highest BCUT2D eigenvalue weighted by atomic mass is 79.9. The number of nitrogens with zero attached hydrogens (tertiary/aromatic N) is 2. The second-order valence-corrected chi connectivity index (χ2v) is 7.50. The molecule has 0 atom stereocenters. The molecule has 3 heteroatoms. The predicted molar refractivity (Wildman–Crippen MR) is 104 cm³/mol. The molecule has 3 rings (SSSR count). The average molecular weight is 383 g/mol. The van der Waals surface area contributed by atoms with Crippen molar-refractivity contribution < 1.29 is 0 Å². The van der Waals surface area contributed by atoms with Crippen LogP contribution in [0.15, 0.2) is 46.9 Å². The molecule has 0 aliphatic rings. The number of aryl methyl sites for hydroxylation is 6. The molecule has 0 radical (unpaired) electrons. The molecule has 0 bridgehead atoms. The summed E-state index contributed by atoms with van der Waals surface area (Å²) in [5.74, 6) is 1.02. The second kappa shape index (κ2) is 6.94. The zero-order chi connectivity index (χ0) is 17.3. The standard InChI is InChI=1S/C21H23BrN2/c1-14-9-18(13-19(22)10-14)7-8-20-11-15(2)12-21(23-20)24-16(3)5-6-17(24)4/h5-6,9-13H,7-8H2,1-4H3. The summed E-state index contributed by atoms with van der Waals surface area (Å²) in [4.78, 5) is 4.91. The van der Waals surface area contributed by atoms with Gasteiger partial charge in [0.2, 0.25) is 0 Å². The summed E-state index contributed by atoms with van der Waals surface area (Å²) < 4.78 is 3.37. The van der Waals surface area contributed by atoms with E-state index < -0.39 is 0 Å². The lowest BCUT2D eigenvalue weighted by atomic mass is 10.0. The summed E-state index contributed by atoms with van der Waals surface area (Å²) in [7, 11) is 0. The van der Waals surface area contributed by atoms with Gasteiger partial charge in [-0.2, -0.15) is 0 Å². The molecule has 0 amide bonds. The van der Waals surface area contributed by atoms with Gasteiger partial charge in [0.25, 0.3) is 0 Å². The molecule has 0 saturated heterocycles. The van der Waals surface area contributed by atoms with Gasteiger partial charge in [0.1, 0.15) is 5.82 Å². The average Bonchev–Trinajstić information content (AvgIpc) is 2.83. The maximum atomic E-state index is 4.91. The Balaban J connectivity index is 1.87. The summed E-state index contributed by atoms with van der Waals surface area (Å²) in [6, 6.07) is 15.2. The van der Waals surface area contributed by atoms with Crippen LogP contribution in [0.2, 0.25) is 0 Å². The molecule has 24 heavy (non-hydrogen) atoms. The van der Waals surface area contributed by atoms with E-state index >= 15 is 0 Å². The Morgan fingerprint density at radius 3 is 2.17 bits per heavy atom. The van der Waals surface area contributed by atoms with Gasteiger partial charge in [-0.05, 0) is 93.6 Å². The first-order chi connectivity index (χ1) is 11.4. The molecule has 2 heterocycles. The van der Waals surface area contributed by atoms with Gasteiger partial charge in [-0.3, -0.25) is 0 Å². The number of benzene rings is 1. The Morgan fingerprint density at radius 1 is 0.833 bits per heavy atom.